The summed E-state index contributed by atoms with van der Waals surface area (Å²) in [6, 6.07) is 5.63. The number of benzene rings is 1. The van der Waals surface area contributed by atoms with Crippen molar-refractivity contribution in [1.82, 2.24) is 0 Å². The Balaban J connectivity index is 2.81. The van der Waals surface area contributed by atoms with Crippen molar-refractivity contribution >= 4 is 10.4 Å². The molecule has 0 atom stereocenters. The normalized spacial score (nSPS) is 10.9. The predicted octanol–water partition coefficient (Wildman–Crippen LogP) is 0.534. The summed E-state index contributed by atoms with van der Waals surface area (Å²) in [4.78, 5) is 0. The fourth-order valence-electron chi connectivity index (χ4n) is 0.749. The zero-order valence-corrected chi connectivity index (χ0v) is 7.58. The summed E-state index contributed by atoms with van der Waals surface area (Å²) in [6.07, 6.45) is 0. The highest BCUT2D eigenvalue weighted by Crippen LogP contribution is 2.17. The molecule has 0 N–H and O–H groups in total. The molecule has 13 heavy (non-hydrogen) atoms. The molecule has 72 valence electrons. The Morgan fingerprint density at radius 3 is 2.00 bits per heavy atom. The average molecular weight is 203 g/mol. The van der Waals surface area contributed by atoms with E-state index >= 15 is 0 Å². The Morgan fingerprint density at radius 2 is 1.62 bits per heavy atom. The van der Waals surface area contributed by atoms with E-state index in [-0.39, 0.29) is 5.75 Å². The molecule has 0 aliphatic carbocycles. The molecule has 0 heterocycles. The Hall–Kier alpha value is -1.27. The summed E-state index contributed by atoms with van der Waals surface area (Å²) in [7, 11) is -3.22. The number of hydrogen-bond donors (Lipinski definition) is 0. The van der Waals surface area contributed by atoms with Gasteiger partial charge in [0.05, 0.1) is 7.11 Å². The van der Waals surface area contributed by atoms with Crippen LogP contribution in [0, 0.1) is 0 Å². The Labute approximate surface area is 75.9 Å². The lowest BCUT2D eigenvalue weighted by molar-refractivity contribution is 0.371. The monoisotopic (exact) mass is 203 g/mol. The van der Waals surface area contributed by atoms with Gasteiger partial charge in [0.1, 0.15) is 11.5 Å². The van der Waals surface area contributed by atoms with Crippen molar-refractivity contribution in [2.75, 3.05) is 7.11 Å². The second-order valence-corrected chi connectivity index (χ2v) is 3.15. The number of methoxy groups -OCH3 is 1. The van der Waals surface area contributed by atoms with E-state index in [1.807, 2.05) is 0 Å². The molecule has 0 amide bonds. The van der Waals surface area contributed by atoms with E-state index in [1.54, 1.807) is 0 Å². The van der Waals surface area contributed by atoms with Crippen LogP contribution in [-0.2, 0) is 10.4 Å². The van der Waals surface area contributed by atoms with E-state index in [0.29, 0.717) is 5.75 Å². The molecule has 1 rings (SSSR count). The maximum Gasteiger partial charge on any atom is 0.262 e. The van der Waals surface area contributed by atoms with Gasteiger partial charge in [-0.3, -0.25) is 0 Å². The molecule has 0 saturated carbocycles. The molecular formula is C7H7O5S-. The first-order valence-corrected chi connectivity index (χ1v) is 4.64. The first kappa shape index (κ1) is 9.82. The SMILES string of the molecule is COc1ccc(OS(=O)(=O)[O-])cc1. The fraction of sp³-hybridized carbons (Fsp3) is 0.143. The Morgan fingerprint density at radius 1 is 1.15 bits per heavy atom. The molecule has 0 saturated heterocycles. The van der Waals surface area contributed by atoms with Crippen LogP contribution in [0.25, 0.3) is 0 Å². The Bertz CT molecular complexity index is 366. The smallest absolute Gasteiger partial charge is 0.262 e. The van der Waals surface area contributed by atoms with Gasteiger partial charge in [0.25, 0.3) is 10.4 Å². The van der Waals surface area contributed by atoms with Crippen LogP contribution in [0.5, 0.6) is 11.5 Å². The first-order chi connectivity index (χ1) is 6.01. The third-order valence-corrected chi connectivity index (χ3v) is 1.65. The molecule has 0 fully saturated rings. The molecule has 0 spiro atoms. The zero-order valence-electron chi connectivity index (χ0n) is 6.76. The maximum absolute atomic E-state index is 10.1. The summed E-state index contributed by atoms with van der Waals surface area (Å²) in [5.41, 5.74) is 0. The summed E-state index contributed by atoms with van der Waals surface area (Å²) < 4.78 is 39.3. The third-order valence-electron chi connectivity index (χ3n) is 1.26. The van der Waals surface area contributed by atoms with Gasteiger partial charge >= 0.3 is 0 Å². The van der Waals surface area contributed by atoms with Crippen LogP contribution in [0.1, 0.15) is 0 Å². The molecule has 0 bridgehead atoms. The molecule has 0 radical (unpaired) electrons. The van der Waals surface area contributed by atoms with Gasteiger partial charge in [0.2, 0.25) is 0 Å². The van der Waals surface area contributed by atoms with Crippen LogP contribution in [-0.4, -0.2) is 20.1 Å². The van der Waals surface area contributed by atoms with Gasteiger partial charge in [0.15, 0.2) is 0 Å². The van der Waals surface area contributed by atoms with Crippen molar-refractivity contribution in [3.05, 3.63) is 24.3 Å². The van der Waals surface area contributed by atoms with E-state index in [2.05, 4.69) is 4.18 Å². The highest BCUT2D eigenvalue weighted by atomic mass is 32.3. The lowest BCUT2D eigenvalue weighted by Crippen LogP contribution is -2.06. The second kappa shape index (κ2) is 3.63. The van der Waals surface area contributed by atoms with Crippen molar-refractivity contribution in [3.8, 4) is 11.5 Å². The Kier molecular flexibility index (Phi) is 2.74. The van der Waals surface area contributed by atoms with Crippen LogP contribution in [0.15, 0.2) is 24.3 Å². The standard InChI is InChI=1S/C7H8O5S/c1-11-6-2-4-7(5-3-6)12-13(8,9)10/h2-5H,1H3,(H,8,9,10)/p-1. The van der Waals surface area contributed by atoms with Crippen LogP contribution in [0.2, 0.25) is 0 Å². The minimum atomic E-state index is -4.69. The number of ether oxygens (including phenoxy) is 1. The minimum absolute atomic E-state index is 0.0317. The molecule has 6 heteroatoms. The van der Waals surface area contributed by atoms with E-state index in [9.17, 15) is 13.0 Å². The number of rotatable bonds is 3. The highest BCUT2D eigenvalue weighted by molar-refractivity contribution is 7.81. The van der Waals surface area contributed by atoms with Gasteiger partial charge in [-0.25, -0.2) is 8.42 Å². The van der Waals surface area contributed by atoms with E-state index in [1.165, 1.54) is 31.4 Å². The van der Waals surface area contributed by atoms with Gasteiger partial charge in [-0.1, -0.05) is 0 Å². The number of hydrogen-bond acceptors (Lipinski definition) is 5. The van der Waals surface area contributed by atoms with Gasteiger partial charge in [-0.05, 0) is 24.3 Å². The van der Waals surface area contributed by atoms with Crippen LogP contribution < -0.4 is 8.92 Å². The van der Waals surface area contributed by atoms with Crippen LogP contribution >= 0.6 is 0 Å². The highest BCUT2D eigenvalue weighted by Gasteiger charge is 1.98. The van der Waals surface area contributed by atoms with Crippen molar-refractivity contribution in [2.45, 2.75) is 0 Å². The van der Waals surface area contributed by atoms with E-state index in [4.69, 9.17) is 4.74 Å². The molecule has 0 aliphatic heterocycles. The molecule has 0 aromatic heterocycles. The van der Waals surface area contributed by atoms with Gasteiger partial charge in [0, 0.05) is 0 Å². The first-order valence-electron chi connectivity index (χ1n) is 3.30. The van der Waals surface area contributed by atoms with Crippen LogP contribution in [0.3, 0.4) is 0 Å². The predicted molar refractivity (Wildman–Crippen MR) is 43.3 cm³/mol. The lowest BCUT2D eigenvalue weighted by Gasteiger charge is -2.08. The summed E-state index contributed by atoms with van der Waals surface area (Å²) in [5, 5.41) is 0. The molecule has 0 unspecified atom stereocenters. The minimum Gasteiger partial charge on any atom is -0.716 e. The molecule has 0 aliphatic rings. The summed E-state index contributed by atoms with van der Waals surface area (Å²) in [5.74, 6) is 0.520. The maximum atomic E-state index is 10.1. The fourth-order valence-corrected chi connectivity index (χ4v) is 1.10. The largest absolute Gasteiger partial charge is 0.716 e. The average Bonchev–Trinajstić information content (AvgIpc) is 2.03. The summed E-state index contributed by atoms with van der Waals surface area (Å²) >= 11 is 0. The summed E-state index contributed by atoms with van der Waals surface area (Å²) in [6.45, 7) is 0. The quantitative estimate of drug-likeness (QED) is 0.529. The van der Waals surface area contributed by atoms with Gasteiger partial charge < -0.3 is 13.5 Å². The topological polar surface area (TPSA) is 75.7 Å². The van der Waals surface area contributed by atoms with Gasteiger partial charge in [-0.2, -0.15) is 0 Å². The lowest BCUT2D eigenvalue weighted by atomic mass is 10.3. The van der Waals surface area contributed by atoms with E-state index < -0.39 is 10.4 Å². The van der Waals surface area contributed by atoms with Gasteiger partial charge in [-0.15, -0.1) is 0 Å². The second-order valence-electron chi connectivity index (χ2n) is 2.17. The van der Waals surface area contributed by atoms with Crippen molar-refractivity contribution in [1.29, 1.82) is 0 Å². The molecule has 1 aromatic carbocycles. The van der Waals surface area contributed by atoms with Crippen molar-refractivity contribution in [3.63, 3.8) is 0 Å². The molecule has 1 aromatic rings. The van der Waals surface area contributed by atoms with Crippen LogP contribution in [0.4, 0.5) is 0 Å². The zero-order chi connectivity index (χ0) is 9.90. The van der Waals surface area contributed by atoms with Crippen molar-refractivity contribution in [2.24, 2.45) is 0 Å². The van der Waals surface area contributed by atoms with E-state index in [0.717, 1.165) is 0 Å². The molecular weight excluding hydrogens is 196 g/mol. The third kappa shape index (κ3) is 3.30. The molecule has 5 nitrogen and oxygen atoms in total. The van der Waals surface area contributed by atoms with Crippen molar-refractivity contribution < 1.29 is 21.9 Å².